The number of piperidine rings is 1. The minimum Gasteiger partial charge on any atom is -0.306 e. The third kappa shape index (κ3) is 1.44. The van der Waals surface area contributed by atoms with E-state index in [9.17, 15) is 4.79 Å². The first-order valence-corrected chi connectivity index (χ1v) is 5.28. The topological polar surface area (TPSA) is 44.1 Å². The zero-order chi connectivity index (χ0) is 10.2. The molecular formula is C11H16N2O. The van der Waals surface area contributed by atoms with Gasteiger partial charge in [-0.3, -0.25) is 4.79 Å². The summed E-state index contributed by atoms with van der Waals surface area (Å²) in [6.45, 7) is 2.14. The van der Waals surface area contributed by atoms with Crippen LogP contribution in [-0.4, -0.2) is 30.8 Å². The maximum absolute atomic E-state index is 11.0. The molecule has 1 saturated carbocycles. The summed E-state index contributed by atoms with van der Waals surface area (Å²) in [5, 5.41) is 9.16. The van der Waals surface area contributed by atoms with Crippen molar-refractivity contribution in [3.05, 3.63) is 0 Å². The monoisotopic (exact) mass is 192 g/mol. The lowest BCUT2D eigenvalue weighted by atomic mass is 9.59. The molecule has 0 aromatic heterocycles. The van der Waals surface area contributed by atoms with Crippen LogP contribution in [0.1, 0.15) is 25.7 Å². The van der Waals surface area contributed by atoms with Gasteiger partial charge in [0.05, 0.1) is 11.5 Å². The molecule has 1 aliphatic carbocycles. The van der Waals surface area contributed by atoms with E-state index in [-0.39, 0.29) is 11.2 Å². The molecule has 2 fully saturated rings. The molecule has 0 radical (unpaired) electrons. The lowest BCUT2D eigenvalue weighted by Gasteiger charge is -2.44. The van der Waals surface area contributed by atoms with E-state index in [4.69, 9.17) is 5.26 Å². The number of likely N-dealkylation sites (tertiary alicyclic amines) is 1. The van der Waals surface area contributed by atoms with Crippen molar-refractivity contribution >= 4 is 5.78 Å². The van der Waals surface area contributed by atoms with Gasteiger partial charge in [-0.1, -0.05) is 0 Å². The van der Waals surface area contributed by atoms with E-state index < -0.39 is 0 Å². The normalized spacial score (nSPS) is 28.1. The third-order valence-electron chi connectivity index (χ3n) is 3.75. The number of hydrogen-bond donors (Lipinski definition) is 0. The zero-order valence-electron chi connectivity index (χ0n) is 8.62. The Kier molecular flexibility index (Phi) is 2.32. The highest BCUT2D eigenvalue weighted by atomic mass is 16.1. The molecule has 0 N–H and O–H groups in total. The molecule has 3 heteroatoms. The van der Waals surface area contributed by atoms with Gasteiger partial charge in [0.2, 0.25) is 0 Å². The predicted octanol–water partition coefficient (Wildman–Crippen LogP) is 1.20. The van der Waals surface area contributed by atoms with E-state index in [1.165, 1.54) is 0 Å². The van der Waals surface area contributed by atoms with Crippen LogP contribution in [0.4, 0.5) is 0 Å². The molecule has 0 atom stereocenters. The van der Waals surface area contributed by atoms with E-state index >= 15 is 0 Å². The van der Waals surface area contributed by atoms with Crippen molar-refractivity contribution in [2.45, 2.75) is 25.7 Å². The number of nitrogens with zero attached hydrogens (tertiary/aromatic N) is 2. The van der Waals surface area contributed by atoms with Crippen molar-refractivity contribution in [1.29, 1.82) is 5.26 Å². The van der Waals surface area contributed by atoms with Gasteiger partial charge in [0.25, 0.3) is 0 Å². The van der Waals surface area contributed by atoms with E-state index in [1.54, 1.807) is 0 Å². The van der Waals surface area contributed by atoms with E-state index in [1.807, 2.05) is 0 Å². The fourth-order valence-electron chi connectivity index (χ4n) is 2.67. The number of Topliss-reactive ketones (excluding diaryl/α,β-unsaturated/α-hetero) is 1. The van der Waals surface area contributed by atoms with Gasteiger partial charge in [0.1, 0.15) is 5.78 Å². The highest BCUT2D eigenvalue weighted by Crippen LogP contribution is 2.48. The fourth-order valence-corrected chi connectivity index (χ4v) is 2.67. The first-order valence-electron chi connectivity index (χ1n) is 5.28. The molecule has 0 aromatic rings. The Bertz CT molecular complexity index is 276. The summed E-state index contributed by atoms with van der Waals surface area (Å²) in [7, 11) is 2.11. The Morgan fingerprint density at radius 3 is 2.43 bits per heavy atom. The van der Waals surface area contributed by atoms with Gasteiger partial charge < -0.3 is 4.90 Å². The molecule has 0 bridgehead atoms. The SMILES string of the molecule is CN1CCC(C2(C#N)CC(=O)C2)CC1. The summed E-state index contributed by atoms with van der Waals surface area (Å²) in [6, 6.07) is 2.39. The lowest BCUT2D eigenvalue weighted by Crippen LogP contribution is -2.46. The van der Waals surface area contributed by atoms with Gasteiger partial charge >= 0.3 is 0 Å². The number of nitriles is 1. The first-order chi connectivity index (χ1) is 6.66. The van der Waals surface area contributed by atoms with Gasteiger partial charge in [-0.25, -0.2) is 0 Å². The summed E-state index contributed by atoms with van der Waals surface area (Å²) >= 11 is 0. The molecular weight excluding hydrogens is 176 g/mol. The van der Waals surface area contributed by atoms with E-state index in [2.05, 4.69) is 18.0 Å². The van der Waals surface area contributed by atoms with Crippen LogP contribution in [0.15, 0.2) is 0 Å². The second-order valence-corrected chi connectivity index (χ2v) is 4.74. The lowest BCUT2D eigenvalue weighted by molar-refractivity contribution is -0.133. The Morgan fingerprint density at radius 1 is 1.43 bits per heavy atom. The van der Waals surface area contributed by atoms with Gasteiger partial charge in [0.15, 0.2) is 0 Å². The minimum absolute atomic E-state index is 0.269. The Morgan fingerprint density at radius 2 is 2.00 bits per heavy atom. The van der Waals surface area contributed by atoms with Crippen molar-refractivity contribution in [3.63, 3.8) is 0 Å². The third-order valence-corrected chi connectivity index (χ3v) is 3.75. The number of hydrogen-bond acceptors (Lipinski definition) is 3. The average Bonchev–Trinajstić information content (AvgIpc) is 2.14. The molecule has 0 spiro atoms. The summed E-state index contributed by atoms with van der Waals surface area (Å²) in [5.74, 6) is 0.729. The molecule has 0 aromatic carbocycles. The molecule has 1 heterocycles. The second-order valence-electron chi connectivity index (χ2n) is 4.74. The largest absolute Gasteiger partial charge is 0.306 e. The van der Waals surface area contributed by atoms with Crippen LogP contribution in [-0.2, 0) is 4.79 Å². The Hall–Kier alpha value is -0.880. The van der Waals surface area contributed by atoms with Gasteiger partial charge in [-0.15, -0.1) is 0 Å². The number of carbonyl (C=O) groups is 1. The van der Waals surface area contributed by atoms with Crippen LogP contribution in [0.2, 0.25) is 0 Å². The quantitative estimate of drug-likeness (QED) is 0.627. The maximum Gasteiger partial charge on any atom is 0.136 e. The fraction of sp³-hybridized carbons (Fsp3) is 0.818. The van der Waals surface area contributed by atoms with Crippen LogP contribution >= 0.6 is 0 Å². The van der Waals surface area contributed by atoms with Crippen molar-refractivity contribution < 1.29 is 4.79 Å². The number of rotatable bonds is 1. The predicted molar refractivity (Wildman–Crippen MR) is 52.5 cm³/mol. The van der Waals surface area contributed by atoms with E-state index in [0.29, 0.717) is 18.8 Å². The maximum atomic E-state index is 11.0. The summed E-state index contributed by atoms with van der Waals surface area (Å²) in [5.41, 5.74) is -0.279. The Labute approximate surface area is 84.7 Å². The van der Waals surface area contributed by atoms with Crippen molar-refractivity contribution in [1.82, 2.24) is 4.90 Å². The molecule has 3 nitrogen and oxygen atoms in total. The second kappa shape index (κ2) is 3.36. The number of ketones is 1. The summed E-state index contributed by atoms with van der Waals surface area (Å²) in [6.07, 6.45) is 3.18. The van der Waals surface area contributed by atoms with E-state index in [0.717, 1.165) is 25.9 Å². The van der Waals surface area contributed by atoms with Gasteiger partial charge in [-0.2, -0.15) is 5.26 Å². The van der Waals surface area contributed by atoms with Crippen molar-refractivity contribution in [2.75, 3.05) is 20.1 Å². The number of carbonyl (C=O) groups excluding carboxylic acids is 1. The zero-order valence-corrected chi connectivity index (χ0v) is 8.62. The Balaban J connectivity index is 2.01. The molecule has 1 aliphatic heterocycles. The highest BCUT2D eigenvalue weighted by Gasteiger charge is 2.49. The average molecular weight is 192 g/mol. The molecule has 2 rings (SSSR count). The van der Waals surface area contributed by atoms with Crippen molar-refractivity contribution in [3.8, 4) is 6.07 Å². The molecule has 14 heavy (non-hydrogen) atoms. The molecule has 2 aliphatic rings. The summed E-state index contributed by atoms with van der Waals surface area (Å²) in [4.78, 5) is 13.3. The van der Waals surface area contributed by atoms with Crippen LogP contribution in [0, 0.1) is 22.7 Å². The van der Waals surface area contributed by atoms with Crippen LogP contribution in [0.5, 0.6) is 0 Å². The molecule has 0 unspecified atom stereocenters. The summed E-state index contributed by atoms with van der Waals surface area (Å²) < 4.78 is 0. The standard InChI is InChI=1S/C11H16N2O/c1-13-4-2-9(3-5-13)11(8-12)6-10(14)7-11/h9H,2-7H2,1H3. The minimum atomic E-state index is -0.279. The molecule has 0 amide bonds. The van der Waals surface area contributed by atoms with Gasteiger partial charge in [-0.05, 0) is 38.9 Å². The molecule has 76 valence electrons. The van der Waals surface area contributed by atoms with Gasteiger partial charge in [0, 0.05) is 12.8 Å². The highest BCUT2D eigenvalue weighted by molar-refractivity contribution is 5.87. The molecule has 1 saturated heterocycles. The van der Waals surface area contributed by atoms with Crippen LogP contribution in [0.3, 0.4) is 0 Å². The van der Waals surface area contributed by atoms with Crippen LogP contribution in [0.25, 0.3) is 0 Å². The van der Waals surface area contributed by atoms with Crippen LogP contribution < -0.4 is 0 Å². The van der Waals surface area contributed by atoms with Crippen molar-refractivity contribution in [2.24, 2.45) is 11.3 Å². The first kappa shape index (κ1) is 9.67. The smallest absolute Gasteiger partial charge is 0.136 e.